The summed E-state index contributed by atoms with van der Waals surface area (Å²) in [6, 6.07) is 3.76. The van der Waals surface area contributed by atoms with Crippen molar-refractivity contribution in [3.8, 4) is 0 Å². The molecular weight excluding hydrogens is 278 g/mol. The van der Waals surface area contributed by atoms with E-state index < -0.39 is 0 Å². The summed E-state index contributed by atoms with van der Waals surface area (Å²) in [6.07, 6.45) is 10.0. The van der Waals surface area contributed by atoms with Gasteiger partial charge < -0.3 is 10.2 Å². The third kappa shape index (κ3) is 5.47. The predicted octanol–water partition coefficient (Wildman–Crippen LogP) is 2.13. The number of amides is 2. The lowest BCUT2D eigenvalue weighted by Gasteiger charge is -2.21. The van der Waals surface area contributed by atoms with Crippen LogP contribution in [0.5, 0.6) is 0 Å². The minimum absolute atomic E-state index is 0.00226. The molecule has 2 amide bonds. The van der Waals surface area contributed by atoms with Crippen molar-refractivity contribution < 1.29 is 9.59 Å². The molecule has 5 heteroatoms. The largest absolute Gasteiger partial charge is 0.347 e. The molecule has 2 rings (SSSR count). The van der Waals surface area contributed by atoms with Gasteiger partial charge in [-0.1, -0.05) is 19.3 Å². The van der Waals surface area contributed by atoms with E-state index in [0.29, 0.717) is 18.9 Å². The summed E-state index contributed by atoms with van der Waals surface area (Å²) in [4.78, 5) is 29.5. The lowest BCUT2D eigenvalue weighted by atomic mass is 9.87. The number of nitrogens with zero attached hydrogens (tertiary/aromatic N) is 2. The second-order valence-electron chi connectivity index (χ2n) is 6.09. The summed E-state index contributed by atoms with van der Waals surface area (Å²) >= 11 is 0. The Morgan fingerprint density at radius 3 is 2.59 bits per heavy atom. The Labute approximate surface area is 132 Å². The molecule has 1 aromatic rings. The number of pyridine rings is 1. The fraction of sp³-hybridized carbons (Fsp3) is 0.588. The van der Waals surface area contributed by atoms with Crippen molar-refractivity contribution in [2.75, 3.05) is 13.6 Å². The highest BCUT2D eigenvalue weighted by atomic mass is 16.2. The number of nitrogens with one attached hydrogen (secondary N) is 1. The molecule has 0 saturated heterocycles. The monoisotopic (exact) mass is 303 g/mol. The average molecular weight is 303 g/mol. The van der Waals surface area contributed by atoms with Crippen molar-refractivity contribution in [2.45, 2.75) is 45.1 Å². The fourth-order valence-corrected chi connectivity index (χ4v) is 2.89. The lowest BCUT2D eigenvalue weighted by molar-refractivity contribution is -0.132. The number of aromatic nitrogens is 1. The number of likely N-dealkylation sites (N-methyl/N-ethyl adjacent to an activating group) is 1. The third-order valence-corrected chi connectivity index (χ3v) is 4.23. The van der Waals surface area contributed by atoms with E-state index in [1.165, 1.54) is 19.3 Å². The Morgan fingerprint density at radius 2 is 1.91 bits per heavy atom. The molecule has 1 saturated carbocycles. The molecule has 1 aromatic heterocycles. The summed E-state index contributed by atoms with van der Waals surface area (Å²) in [5.74, 6) is 0.421. The van der Waals surface area contributed by atoms with Crippen molar-refractivity contribution in [2.24, 2.45) is 5.92 Å². The molecule has 5 nitrogen and oxygen atoms in total. The molecule has 0 aromatic carbocycles. The molecule has 0 aliphatic heterocycles. The molecule has 1 N–H and O–H groups in total. The molecule has 1 fully saturated rings. The second-order valence-corrected chi connectivity index (χ2v) is 6.09. The normalized spacial score (nSPS) is 15.3. The zero-order valence-electron chi connectivity index (χ0n) is 13.3. The maximum absolute atomic E-state index is 12.0. The van der Waals surface area contributed by atoms with Crippen molar-refractivity contribution in [3.63, 3.8) is 0 Å². The van der Waals surface area contributed by atoms with Crippen LogP contribution in [0.3, 0.4) is 0 Å². The van der Waals surface area contributed by atoms with Crippen LogP contribution in [-0.2, 0) is 16.1 Å². The molecule has 1 aliphatic carbocycles. The fourth-order valence-electron chi connectivity index (χ4n) is 2.89. The molecule has 0 radical (unpaired) electrons. The van der Waals surface area contributed by atoms with Gasteiger partial charge in [0.05, 0.1) is 6.54 Å². The highest BCUT2D eigenvalue weighted by Crippen LogP contribution is 2.25. The Morgan fingerprint density at radius 1 is 1.23 bits per heavy atom. The molecule has 0 bridgehead atoms. The predicted molar refractivity (Wildman–Crippen MR) is 84.9 cm³/mol. The number of carbonyl (C=O) groups excluding carboxylic acids is 2. The molecule has 1 aliphatic rings. The number of hydrogen-bond donors (Lipinski definition) is 1. The molecule has 0 spiro atoms. The Hall–Kier alpha value is -1.91. The molecule has 0 unspecified atom stereocenters. The summed E-state index contributed by atoms with van der Waals surface area (Å²) in [5, 5.41) is 2.75. The lowest BCUT2D eigenvalue weighted by Crippen LogP contribution is -2.38. The Kier molecular flexibility index (Phi) is 6.37. The average Bonchev–Trinajstić information content (AvgIpc) is 2.54. The van der Waals surface area contributed by atoms with Gasteiger partial charge in [0.2, 0.25) is 11.8 Å². The van der Waals surface area contributed by atoms with E-state index in [4.69, 9.17) is 0 Å². The molecular formula is C17H25N3O2. The van der Waals surface area contributed by atoms with Gasteiger partial charge in [-0.25, -0.2) is 0 Å². The van der Waals surface area contributed by atoms with E-state index in [2.05, 4.69) is 10.3 Å². The van der Waals surface area contributed by atoms with Crippen LogP contribution < -0.4 is 5.32 Å². The molecule has 1 heterocycles. The van der Waals surface area contributed by atoms with Crippen molar-refractivity contribution in [1.82, 2.24) is 15.2 Å². The van der Waals surface area contributed by atoms with E-state index in [-0.39, 0.29) is 18.4 Å². The second kappa shape index (κ2) is 8.51. The summed E-state index contributed by atoms with van der Waals surface area (Å²) in [7, 11) is 1.75. The Bertz CT molecular complexity index is 484. The van der Waals surface area contributed by atoms with E-state index >= 15 is 0 Å². The SMILES string of the molecule is CN(Cc1ccncc1)C(=O)CNC(=O)CC1CCCCC1. The van der Waals surface area contributed by atoms with E-state index in [1.54, 1.807) is 24.3 Å². The van der Waals surface area contributed by atoms with Gasteiger partial charge in [-0.2, -0.15) is 0 Å². The van der Waals surface area contributed by atoms with Gasteiger partial charge in [0, 0.05) is 32.4 Å². The van der Waals surface area contributed by atoms with E-state index in [0.717, 1.165) is 18.4 Å². The minimum atomic E-state index is -0.0752. The summed E-state index contributed by atoms with van der Waals surface area (Å²) in [5.41, 5.74) is 1.03. The first-order chi connectivity index (χ1) is 10.6. The van der Waals surface area contributed by atoms with Crippen molar-refractivity contribution in [1.29, 1.82) is 0 Å². The standard InChI is InChI=1S/C17H25N3O2/c1-20(13-15-7-9-18-10-8-15)17(22)12-19-16(21)11-14-5-3-2-4-6-14/h7-10,14H,2-6,11-13H2,1H3,(H,19,21). The molecule has 0 atom stereocenters. The van der Waals surface area contributed by atoms with Crippen LogP contribution in [0, 0.1) is 5.92 Å². The van der Waals surface area contributed by atoms with Crippen LogP contribution in [0.15, 0.2) is 24.5 Å². The number of carbonyl (C=O) groups is 2. The maximum Gasteiger partial charge on any atom is 0.242 e. The van der Waals surface area contributed by atoms with Gasteiger partial charge in [-0.3, -0.25) is 14.6 Å². The topological polar surface area (TPSA) is 62.3 Å². The number of rotatable bonds is 6. The van der Waals surface area contributed by atoms with Gasteiger partial charge in [0.25, 0.3) is 0 Å². The minimum Gasteiger partial charge on any atom is -0.347 e. The van der Waals surface area contributed by atoms with Crippen LogP contribution in [0.2, 0.25) is 0 Å². The molecule has 22 heavy (non-hydrogen) atoms. The zero-order valence-corrected chi connectivity index (χ0v) is 13.3. The number of hydrogen-bond acceptors (Lipinski definition) is 3. The van der Waals surface area contributed by atoms with Crippen LogP contribution in [0.25, 0.3) is 0 Å². The summed E-state index contributed by atoms with van der Waals surface area (Å²) < 4.78 is 0. The van der Waals surface area contributed by atoms with E-state index in [9.17, 15) is 9.59 Å². The highest BCUT2D eigenvalue weighted by Gasteiger charge is 2.18. The Balaban J connectivity index is 1.68. The third-order valence-electron chi connectivity index (χ3n) is 4.23. The first-order valence-corrected chi connectivity index (χ1v) is 8.04. The van der Waals surface area contributed by atoms with Crippen LogP contribution >= 0.6 is 0 Å². The quantitative estimate of drug-likeness (QED) is 0.875. The maximum atomic E-state index is 12.0. The van der Waals surface area contributed by atoms with Crippen LogP contribution in [0.1, 0.15) is 44.1 Å². The van der Waals surface area contributed by atoms with Gasteiger partial charge >= 0.3 is 0 Å². The van der Waals surface area contributed by atoms with E-state index in [1.807, 2.05) is 12.1 Å². The van der Waals surface area contributed by atoms with Gasteiger partial charge in [0.15, 0.2) is 0 Å². The summed E-state index contributed by atoms with van der Waals surface area (Å²) in [6.45, 7) is 0.604. The van der Waals surface area contributed by atoms with Gasteiger partial charge in [0.1, 0.15) is 0 Å². The smallest absolute Gasteiger partial charge is 0.242 e. The zero-order chi connectivity index (χ0) is 15.8. The van der Waals surface area contributed by atoms with Crippen molar-refractivity contribution >= 4 is 11.8 Å². The highest BCUT2D eigenvalue weighted by molar-refractivity contribution is 5.84. The first kappa shape index (κ1) is 16.5. The van der Waals surface area contributed by atoms with Crippen LogP contribution in [0.4, 0.5) is 0 Å². The molecule has 120 valence electrons. The van der Waals surface area contributed by atoms with Crippen LogP contribution in [-0.4, -0.2) is 35.3 Å². The van der Waals surface area contributed by atoms with Gasteiger partial charge in [-0.05, 0) is 36.5 Å². The van der Waals surface area contributed by atoms with Crippen molar-refractivity contribution in [3.05, 3.63) is 30.1 Å². The first-order valence-electron chi connectivity index (χ1n) is 8.04. The van der Waals surface area contributed by atoms with Gasteiger partial charge in [-0.15, -0.1) is 0 Å².